The predicted molar refractivity (Wildman–Crippen MR) is 48.5 cm³/mol. The lowest BCUT2D eigenvalue weighted by Crippen LogP contribution is -2.23. The number of alkyl halides is 1. The molecule has 0 aromatic carbocycles. The van der Waals surface area contributed by atoms with Crippen molar-refractivity contribution in [2.45, 2.75) is 26.4 Å². The molecular weight excluding hydrogens is 157 g/mol. The van der Waals surface area contributed by atoms with E-state index in [9.17, 15) is 4.39 Å². The third-order valence-electron chi connectivity index (χ3n) is 1.45. The molecule has 0 aromatic rings. The van der Waals surface area contributed by atoms with Crippen molar-refractivity contribution in [3.8, 4) is 0 Å². The molecule has 0 unspecified atom stereocenters. The Balaban J connectivity index is 4.71. The molecule has 0 aromatic heterocycles. The van der Waals surface area contributed by atoms with E-state index in [1.54, 1.807) is 6.92 Å². The lowest BCUT2D eigenvalue weighted by molar-refractivity contribution is 0.265. The van der Waals surface area contributed by atoms with E-state index >= 15 is 0 Å². The maximum Gasteiger partial charge on any atom is 0.144 e. The molecule has 0 saturated heterocycles. The van der Waals surface area contributed by atoms with E-state index in [1.807, 2.05) is 0 Å². The van der Waals surface area contributed by atoms with Crippen LogP contribution in [0.2, 0.25) is 0 Å². The molecule has 0 aliphatic carbocycles. The van der Waals surface area contributed by atoms with Gasteiger partial charge in [-0.2, -0.15) is 0 Å². The van der Waals surface area contributed by atoms with Crippen molar-refractivity contribution in [3.05, 3.63) is 23.2 Å². The first-order chi connectivity index (χ1) is 5.25. The molecule has 12 heavy (non-hydrogen) atoms. The first-order valence-electron chi connectivity index (χ1n) is 3.63. The molecular formula is C8H16FN3. The molecule has 6 N–H and O–H groups in total. The molecule has 3 nitrogen and oxygen atoms in total. The van der Waals surface area contributed by atoms with Crippen LogP contribution in [0.5, 0.6) is 0 Å². The zero-order chi connectivity index (χ0) is 9.94. The van der Waals surface area contributed by atoms with Crippen LogP contribution in [-0.4, -0.2) is 5.67 Å². The Morgan fingerprint density at radius 1 is 1.25 bits per heavy atom. The maximum absolute atomic E-state index is 13.1. The third-order valence-corrected chi connectivity index (χ3v) is 1.45. The molecule has 0 aliphatic rings. The minimum Gasteiger partial charge on any atom is -0.401 e. The van der Waals surface area contributed by atoms with Crippen LogP contribution in [0.3, 0.4) is 0 Å². The third kappa shape index (κ3) is 3.27. The van der Waals surface area contributed by atoms with E-state index in [2.05, 4.69) is 0 Å². The summed E-state index contributed by atoms with van der Waals surface area (Å²) in [5.74, 6) is 0. The summed E-state index contributed by atoms with van der Waals surface area (Å²) in [4.78, 5) is 0. The molecule has 0 atom stereocenters. The van der Waals surface area contributed by atoms with Crippen molar-refractivity contribution in [2.24, 2.45) is 17.2 Å². The molecule has 0 heterocycles. The topological polar surface area (TPSA) is 78.1 Å². The normalized spacial score (nSPS) is 15.8. The molecule has 0 rings (SSSR count). The minimum atomic E-state index is -1.56. The monoisotopic (exact) mass is 173 g/mol. The maximum atomic E-state index is 13.1. The minimum absolute atomic E-state index is 0.0739. The first-order valence-corrected chi connectivity index (χ1v) is 3.63. The number of allylic oxidation sites excluding steroid dienone is 3. The molecule has 4 heteroatoms. The molecule has 0 fully saturated rings. The quantitative estimate of drug-likeness (QED) is 0.538. The van der Waals surface area contributed by atoms with Gasteiger partial charge in [-0.3, -0.25) is 0 Å². The summed E-state index contributed by atoms with van der Waals surface area (Å²) < 4.78 is 13.1. The Labute approximate surface area is 72.1 Å². The van der Waals surface area contributed by atoms with Gasteiger partial charge >= 0.3 is 0 Å². The van der Waals surface area contributed by atoms with E-state index in [0.29, 0.717) is 11.4 Å². The smallest absolute Gasteiger partial charge is 0.144 e. The fourth-order valence-corrected chi connectivity index (χ4v) is 0.453. The van der Waals surface area contributed by atoms with Gasteiger partial charge in [0.05, 0.1) is 5.70 Å². The van der Waals surface area contributed by atoms with Gasteiger partial charge in [0.1, 0.15) is 5.67 Å². The average molecular weight is 173 g/mol. The Hall–Kier alpha value is -1.19. The average Bonchev–Trinajstić information content (AvgIpc) is 1.85. The van der Waals surface area contributed by atoms with Crippen LogP contribution >= 0.6 is 0 Å². The molecule has 0 bridgehead atoms. The molecule has 70 valence electrons. The fourth-order valence-electron chi connectivity index (χ4n) is 0.453. The molecule has 0 saturated carbocycles. The first kappa shape index (κ1) is 10.8. The second-order valence-electron chi connectivity index (χ2n) is 3.21. The van der Waals surface area contributed by atoms with E-state index in [-0.39, 0.29) is 5.70 Å². The van der Waals surface area contributed by atoms with E-state index in [4.69, 9.17) is 17.2 Å². The van der Waals surface area contributed by atoms with E-state index < -0.39 is 5.67 Å². The van der Waals surface area contributed by atoms with Gasteiger partial charge in [0.15, 0.2) is 0 Å². The Kier molecular flexibility index (Phi) is 3.13. The SMILES string of the molecule is C/C(N)=C(N)\C=C(/N)C(C)(C)F. The van der Waals surface area contributed by atoms with Crippen molar-refractivity contribution < 1.29 is 4.39 Å². The molecule has 0 spiro atoms. The zero-order valence-electron chi connectivity index (χ0n) is 7.69. The standard InChI is InChI=1S/C8H16FN3/c1-5(10)6(11)4-7(12)8(2,3)9/h4H,10-12H2,1-3H3/b6-5-,7-4-. The van der Waals surface area contributed by atoms with Crippen LogP contribution < -0.4 is 17.2 Å². The molecule has 0 amide bonds. The van der Waals surface area contributed by atoms with Gasteiger partial charge in [-0.25, -0.2) is 4.39 Å². The Morgan fingerprint density at radius 3 is 1.92 bits per heavy atom. The highest BCUT2D eigenvalue weighted by atomic mass is 19.1. The highest BCUT2D eigenvalue weighted by molar-refractivity contribution is 5.26. The van der Waals surface area contributed by atoms with Gasteiger partial charge < -0.3 is 17.2 Å². The van der Waals surface area contributed by atoms with Gasteiger partial charge in [-0.1, -0.05) is 0 Å². The molecule has 0 aliphatic heterocycles. The van der Waals surface area contributed by atoms with Crippen molar-refractivity contribution in [3.63, 3.8) is 0 Å². The van der Waals surface area contributed by atoms with Crippen LogP contribution in [-0.2, 0) is 0 Å². The number of nitrogens with two attached hydrogens (primary N) is 3. The van der Waals surface area contributed by atoms with Crippen LogP contribution in [0.1, 0.15) is 20.8 Å². The van der Waals surface area contributed by atoms with Crippen molar-refractivity contribution in [1.29, 1.82) is 0 Å². The summed E-state index contributed by atoms with van der Waals surface area (Å²) in [5.41, 5.74) is 15.5. The van der Waals surface area contributed by atoms with Gasteiger partial charge in [0, 0.05) is 11.4 Å². The number of rotatable bonds is 2. The lowest BCUT2D eigenvalue weighted by Gasteiger charge is -2.14. The van der Waals surface area contributed by atoms with Crippen LogP contribution in [0.15, 0.2) is 23.2 Å². The van der Waals surface area contributed by atoms with Crippen molar-refractivity contribution in [1.82, 2.24) is 0 Å². The van der Waals surface area contributed by atoms with Gasteiger partial charge in [-0.05, 0) is 26.8 Å². The van der Waals surface area contributed by atoms with Gasteiger partial charge in [0.2, 0.25) is 0 Å². The predicted octanol–water partition coefficient (Wildman–Crippen LogP) is 0.726. The largest absolute Gasteiger partial charge is 0.401 e. The van der Waals surface area contributed by atoms with E-state index in [0.717, 1.165) is 0 Å². The van der Waals surface area contributed by atoms with Crippen LogP contribution in [0.4, 0.5) is 4.39 Å². The van der Waals surface area contributed by atoms with Crippen LogP contribution in [0.25, 0.3) is 0 Å². The number of hydrogen-bond donors (Lipinski definition) is 3. The second-order valence-corrected chi connectivity index (χ2v) is 3.21. The summed E-state index contributed by atoms with van der Waals surface area (Å²) in [7, 11) is 0. The Morgan fingerprint density at radius 2 is 1.67 bits per heavy atom. The van der Waals surface area contributed by atoms with E-state index in [1.165, 1.54) is 19.9 Å². The number of hydrogen-bond acceptors (Lipinski definition) is 3. The number of halogens is 1. The van der Waals surface area contributed by atoms with Gasteiger partial charge in [0.25, 0.3) is 0 Å². The second kappa shape index (κ2) is 3.47. The van der Waals surface area contributed by atoms with Crippen LogP contribution in [0, 0.1) is 0 Å². The summed E-state index contributed by atoms with van der Waals surface area (Å²) in [6, 6.07) is 0. The summed E-state index contributed by atoms with van der Waals surface area (Å²) in [6.07, 6.45) is 1.34. The Bertz CT molecular complexity index is 219. The molecule has 0 radical (unpaired) electrons. The van der Waals surface area contributed by atoms with Crippen molar-refractivity contribution in [2.75, 3.05) is 0 Å². The fraction of sp³-hybridized carbons (Fsp3) is 0.500. The van der Waals surface area contributed by atoms with Crippen molar-refractivity contribution >= 4 is 0 Å². The lowest BCUT2D eigenvalue weighted by atomic mass is 10.1. The highest BCUT2D eigenvalue weighted by Crippen LogP contribution is 2.16. The summed E-state index contributed by atoms with van der Waals surface area (Å²) >= 11 is 0. The summed E-state index contributed by atoms with van der Waals surface area (Å²) in [6.45, 7) is 4.35. The zero-order valence-corrected chi connectivity index (χ0v) is 7.69. The highest BCUT2D eigenvalue weighted by Gasteiger charge is 2.18. The summed E-state index contributed by atoms with van der Waals surface area (Å²) in [5, 5.41) is 0. The van der Waals surface area contributed by atoms with Gasteiger partial charge in [-0.15, -0.1) is 0 Å².